The van der Waals surface area contributed by atoms with Gasteiger partial charge in [-0.3, -0.25) is 4.79 Å². The van der Waals surface area contributed by atoms with Crippen molar-refractivity contribution >= 4 is 11.6 Å². The molecule has 1 aliphatic carbocycles. The maximum absolute atomic E-state index is 12.3. The maximum atomic E-state index is 12.3. The van der Waals surface area contributed by atoms with Crippen LogP contribution in [0.4, 0.5) is 5.69 Å². The molecule has 108 valence electrons. The average molecular weight is 279 g/mol. The van der Waals surface area contributed by atoms with Crippen molar-refractivity contribution in [1.82, 2.24) is 0 Å². The van der Waals surface area contributed by atoms with Crippen molar-refractivity contribution in [1.29, 1.82) is 0 Å². The first-order chi connectivity index (χ1) is 10.0. The van der Waals surface area contributed by atoms with Crippen LogP contribution in [0.5, 0.6) is 0 Å². The molecule has 0 saturated heterocycles. The molecule has 0 unspecified atom stereocenters. The molecule has 0 saturated carbocycles. The zero-order chi connectivity index (χ0) is 15.0. The molecule has 0 spiro atoms. The smallest absolute Gasteiger partial charge is 0.230 e. The van der Waals surface area contributed by atoms with Gasteiger partial charge in [0.15, 0.2) is 0 Å². The fourth-order valence-electron chi connectivity index (χ4n) is 2.68. The van der Waals surface area contributed by atoms with E-state index in [1.807, 2.05) is 26.8 Å². The minimum Gasteiger partial charge on any atom is -0.326 e. The molecule has 0 aliphatic heterocycles. The molecule has 0 radical (unpaired) electrons. The first-order valence-corrected chi connectivity index (χ1v) is 7.54. The van der Waals surface area contributed by atoms with E-state index < -0.39 is 0 Å². The number of rotatable bonds is 3. The van der Waals surface area contributed by atoms with E-state index in [9.17, 15) is 4.79 Å². The minimum absolute atomic E-state index is 0.0838. The molecule has 1 amide bonds. The number of fused-ring (bicyclic) bond motifs is 3. The summed E-state index contributed by atoms with van der Waals surface area (Å²) in [6.45, 7) is 6.00. The number of carbonyl (C=O) groups excluding carboxylic acids is 1. The second-order valence-corrected chi connectivity index (χ2v) is 6.40. The van der Waals surface area contributed by atoms with Crippen LogP contribution in [-0.4, -0.2) is 5.91 Å². The lowest BCUT2D eigenvalue weighted by atomic mass is 9.89. The van der Waals surface area contributed by atoms with Crippen LogP contribution in [0.1, 0.15) is 38.3 Å². The SMILES string of the molecule is CCC(C)(C)C(=O)Nc1ccc2c(c1)Cc1ccccc1-2. The third-order valence-electron chi connectivity index (χ3n) is 4.55. The summed E-state index contributed by atoms with van der Waals surface area (Å²) in [5.41, 5.74) is 5.83. The molecule has 2 heteroatoms. The largest absolute Gasteiger partial charge is 0.326 e. The van der Waals surface area contributed by atoms with Gasteiger partial charge in [0, 0.05) is 11.1 Å². The quantitative estimate of drug-likeness (QED) is 0.744. The summed E-state index contributed by atoms with van der Waals surface area (Å²) in [6, 6.07) is 14.7. The Morgan fingerprint density at radius 2 is 1.81 bits per heavy atom. The van der Waals surface area contributed by atoms with Crippen LogP contribution in [0.15, 0.2) is 42.5 Å². The van der Waals surface area contributed by atoms with Crippen LogP contribution in [-0.2, 0) is 11.2 Å². The van der Waals surface area contributed by atoms with Crippen molar-refractivity contribution in [2.45, 2.75) is 33.6 Å². The fourth-order valence-corrected chi connectivity index (χ4v) is 2.68. The van der Waals surface area contributed by atoms with E-state index in [2.05, 4.69) is 41.7 Å². The third kappa shape index (κ3) is 2.46. The van der Waals surface area contributed by atoms with E-state index in [-0.39, 0.29) is 11.3 Å². The summed E-state index contributed by atoms with van der Waals surface area (Å²) in [5.74, 6) is 0.0838. The summed E-state index contributed by atoms with van der Waals surface area (Å²) < 4.78 is 0. The molecular formula is C19H21NO. The molecule has 2 nitrogen and oxygen atoms in total. The van der Waals surface area contributed by atoms with Crippen LogP contribution in [0.2, 0.25) is 0 Å². The van der Waals surface area contributed by atoms with Crippen molar-refractivity contribution in [2.24, 2.45) is 5.41 Å². The Morgan fingerprint density at radius 3 is 2.57 bits per heavy atom. The molecule has 21 heavy (non-hydrogen) atoms. The highest BCUT2D eigenvalue weighted by molar-refractivity contribution is 5.95. The molecule has 0 bridgehead atoms. The topological polar surface area (TPSA) is 29.1 Å². The second kappa shape index (κ2) is 5.03. The predicted molar refractivity (Wildman–Crippen MR) is 87.4 cm³/mol. The molecule has 0 atom stereocenters. The molecule has 1 N–H and O–H groups in total. The summed E-state index contributed by atoms with van der Waals surface area (Å²) >= 11 is 0. The second-order valence-electron chi connectivity index (χ2n) is 6.40. The lowest BCUT2D eigenvalue weighted by molar-refractivity contribution is -0.124. The molecule has 2 aromatic carbocycles. The Labute approximate surface area is 126 Å². The van der Waals surface area contributed by atoms with Gasteiger partial charge in [-0.1, -0.05) is 51.1 Å². The van der Waals surface area contributed by atoms with Gasteiger partial charge in [-0.2, -0.15) is 0 Å². The summed E-state index contributed by atoms with van der Waals surface area (Å²) in [7, 11) is 0. The molecular weight excluding hydrogens is 258 g/mol. The number of benzene rings is 2. The number of hydrogen-bond donors (Lipinski definition) is 1. The molecule has 0 heterocycles. The van der Waals surface area contributed by atoms with Crippen molar-refractivity contribution < 1.29 is 4.79 Å². The molecule has 0 fully saturated rings. The highest BCUT2D eigenvalue weighted by Gasteiger charge is 2.26. The van der Waals surface area contributed by atoms with Gasteiger partial charge in [0.2, 0.25) is 5.91 Å². The summed E-state index contributed by atoms with van der Waals surface area (Å²) in [6.07, 6.45) is 1.78. The highest BCUT2D eigenvalue weighted by Crippen LogP contribution is 2.37. The summed E-state index contributed by atoms with van der Waals surface area (Å²) in [5, 5.41) is 3.05. The standard InChI is InChI=1S/C19H21NO/c1-4-19(2,3)18(21)20-15-9-10-17-14(12-15)11-13-7-5-6-8-16(13)17/h5-10,12H,4,11H2,1-3H3,(H,20,21). The Kier molecular flexibility index (Phi) is 3.32. The first-order valence-electron chi connectivity index (χ1n) is 7.54. The zero-order valence-corrected chi connectivity index (χ0v) is 12.9. The Bertz CT molecular complexity index is 700. The van der Waals surface area contributed by atoms with Crippen molar-refractivity contribution in [3.05, 3.63) is 53.6 Å². The van der Waals surface area contributed by atoms with Gasteiger partial charge in [0.25, 0.3) is 0 Å². The maximum Gasteiger partial charge on any atom is 0.230 e. The van der Waals surface area contributed by atoms with Crippen molar-refractivity contribution in [2.75, 3.05) is 5.32 Å². The predicted octanol–water partition coefficient (Wildman–Crippen LogP) is 4.63. The van der Waals surface area contributed by atoms with Gasteiger partial charge < -0.3 is 5.32 Å². The first kappa shape index (κ1) is 13.9. The van der Waals surface area contributed by atoms with Gasteiger partial charge in [-0.05, 0) is 47.2 Å². The highest BCUT2D eigenvalue weighted by atomic mass is 16.2. The normalized spacial score (nSPS) is 12.7. The van der Waals surface area contributed by atoms with E-state index in [4.69, 9.17) is 0 Å². The number of carbonyl (C=O) groups is 1. The van der Waals surface area contributed by atoms with Crippen LogP contribution >= 0.6 is 0 Å². The number of nitrogens with one attached hydrogen (secondary N) is 1. The number of hydrogen-bond acceptors (Lipinski definition) is 1. The van der Waals surface area contributed by atoms with Crippen LogP contribution in [0, 0.1) is 5.41 Å². The molecule has 1 aliphatic rings. The van der Waals surface area contributed by atoms with E-state index in [1.165, 1.54) is 22.3 Å². The monoisotopic (exact) mass is 279 g/mol. The van der Waals surface area contributed by atoms with Gasteiger partial charge in [-0.15, -0.1) is 0 Å². The number of amides is 1. The molecule has 2 aromatic rings. The molecule has 0 aromatic heterocycles. The van der Waals surface area contributed by atoms with Gasteiger partial charge >= 0.3 is 0 Å². The van der Waals surface area contributed by atoms with E-state index in [0.29, 0.717) is 0 Å². The average Bonchev–Trinajstić information content (AvgIpc) is 2.84. The van der Waals surface area contributed by atoms with Crippen LogP contribution in [0.25, 0.3) is 11.1 Å². The Morgan fingerprint density at radius 1 is 1.10 bits per heavy atom. The van der Waals surface area contributed by atoms with E-state index in [0.717, 1.165) is 18.5 Å². The summed E-state index contributed by atoms with van der Waals surface area (Å²) in [4.78, 5) is 12.3. The van der Waals surface area contributed by atoms with E-state index >= 15 is 0 Å². The Hall–Kier alpha value is -2.09. The lowest BCUT2D eigenvalue weighted by Crippen LogP contribution is -2.29. The van der Waals surface area contributed by atoms with Gasteiger partial charge in [0.05, 0.1) is 0 Å². The van der Waals surface area contributed by atoms with Gasteiger partial charge in [0.1, 0.15) is 0 Å². The lowest BCUT2D eigenvalue weighted by Gasteiger charge is -2.21. The van der Waals surface area contributed by atoms with Crippen LogP contribution < -0.4 is 5.32 Å². The van der Waals surface area contributed by atoms with E-state index in [1.54, 1.807) is 0 Å². The third-order valence-corrected chi connectivity index (χ3v) is 4.55. The minimum atomic E-state index is -0.331. The van der Waals surface area contributed by atoms with Gasteiger partial charge in [-0.25, -0.2) is 0 Å². The zero-order valence-electron chi connectivity index (χ0n) is 12.9. The van der Waals surface area contributed by atoms with Crippen molar-refractivity contribution in [3.63, 3.8) is 0 Å². The number of anilines is 1. The van der Waals surface area contributed by atoms with Crippen molar-refractivity contribution in [3.8, 4) is 11.1 Å². The Balaban J connectivity index is 1.86. The van der Waals surface area contributed by atoms with Crippen LogP contribution in [0.3, 0.4) is 0 Å². The fraction of sp³-hybridized carbons (Fsp3) is 0.316. The molecule has 3 rings (SSSR count).